The molecule has 0 atom stereocenters. The van der Waals surface area contributed by atoms with Crippen molar-refractivity contribution in [3.05, 3.63) is 35.4 Å². The zero-order chi connectivity index (χ0) is 18.5. The number of piperazine rings is 1. The Morgan fingerprint density at radius 2 is 1.54 bits per heavy atom. The molecule has 0 radical (unpaired) electrons. The van der Waals surface area contributed by atoms with E-state index in [4.69, 9.17) is 5.73 Å². The average Bonchev–Trinajstić information content (AvgIpc) is 2.67. The van der Waals surface area contributed by atoms with Gasteiger partial charge < -0.3 is 15.5 Å². The fourth-order valence-electron chi connectivity index (χ4n) is 3.70. The largest absolute Gasteiger partial charge is 0.366 e. The Morgan fingerprint density at radius 1 is 0.962 bits per heavy atom. The number of benzene rings is 1. The van der Waals surface area contributed by atoms with Gasteiger partial charge in [-0.2, -0.15) is 0 Å². The molecule has 0 saturated carbocycles. The Hall–Kier alpha value is -1.19. The molecule has 7 heteroatoms. The van der Waals surface area contributed by atoms with Crippen LogP contribution in [-0.4, -0.2) is 70.5 Å². The van der Waals surface area contributed by atoms with E-state index in [0.717, 1.165) is 39.0 Å². The number of hydrogen-bond donors (Lipinski definition) is 1. The summed E-state index contributed by atoms with van der Waals surface area (Å²) < 4.78 is 2.36. The van der Waals surface area contributed by atoms with Crippen molar-refractivity contribution in [1.29, 1.82) is 0 Å². The summed E-state index contributed by atoms with van der Waals surface area (Å²) in [6.45, 7) is 7.47. The lowest BCUT2D eigenvalue weighted by atomic mass is 9.93. The summed E-state index contributed by atoms with van der Waals surface area (Å²) in [5, 5.41) is 0. The summed E-state index contributed by atoms with van der Waals surface area (Å²) in [4.78, 5) is 28.2. The van der Waals surface area contributed by atoms with Crippen LogP contribution in [0.2, 0.25) is 0 Å². The van der Waals surface area contributed by atoms with Gasteiger partial charge in [-0.05, 0) is 56.0 Å². The lowest BCUT2D eigenvalue weighted by molar-refractivity contribution is 0.0678. The molecule has 2 aliphatic heterocycles. The molecule has 26 heavy (non-hydrogen) atoms. The zero-order valence-electron chi connectivity index (χ0n) is 15.1. The quantitative estimate of drug-likeness (QED) is 0.528. The fourth-order valence-corrected chi connectivity index (χ4v) is 4.13. The molecule has 2 fully saturated rings. The first-order valence-corrected chi connectivity index (χ1v) is 10.3. The van der Waals surface area contributed by atoms with Crippen LogP contribution in [0.3, 0.4) is 0 Å². The second-order valence-corrected chi connectivity index (χ2v) is 8.58. The van der Waals surface area contributed by atoms with Crippen molar-refractivity contribution >= 4 is 34.7 Å². The Kier molecular flexibility index (Phi) is 6.88. The van der Waals surface area contributed by atoms with Crippen LogP contribution in [-0.2, 0) is 0 Å². The molecule has 0 aromatic heterocycles. The average molecular weight is 470 g/mol. The van der Waals surface area contributed by atoms with Gasteiger partial charge in [0.1, 0.15) is 0 Å². The van der Waals surface area contributed by atoms with Crippen LogP contribution in [0.25, 0.3) is 0 Å². The number of nitrogens with two attached hydrogens (primary N) is 1. The first kappa shape index (κ1) is 19.6. The third-order valence-corrected chi connectivity index (χ3v) is 6.45. The molecule has 3 rings (SSSR count). The van der Waals surface area contributed by atoms with Crippen molar-refractivity contribution in [2.24, 2.45) is 11.7 Å². The molecule has 2 saturated heterocycles. The Bertz CT molecular complexity index is 621. The van der Waals surface area contributed by atoms with E-state index in [9.17, 15) is 9.59 Å². The van der Waals surface area contributed by atoms with Gasteiger partial charge in [0, 0.05) is 73.3 Å². The van der Waals surface area contributed by atoms with Gasteiger partial charge in [0.2, 0.25) is 5.91 Å². The third kappa shape index (κ3) is 5.17. The number of carbonyl (C=O) groups excluding carboxylic acids is 2. The number of primary amides is 1. The van der Waals surface area contributed by atoms with Crippen molar-refractivity contribution in [1.82, 2.24) is 12.9 Å². The molecular formula is C19H27IN4O2. The smallest absolute Gasteiger partial charge is 0.253 e. The molecule has 0 spiro atoms. The Morgan fingerprint density at radius 3 is 2.12 bits per heavy atom. The number of carbonyl (C=O) groups is 2. The number of hydrogen-bond acceptors (Lipinski definition) is 4. The number of halogens is 1. The lowest BCUT2D eigenvalue weighted by Gasteiger charge is -2.35. The molecule has 1 aromatic carbocycles. The summed E-state index contributed by atoms with van der Waals surface area (Å²) in [6, 6.07) is 6.64. The minimum Gasteiger partial charge on any atom is -0.366 e. The number of rotatable bonds is 5. The van der Waals surface area contributed by atoms with E-state index in [1.165, 1.54) is 26.1 Å². The normalized spacial score (nSPS) is 20.3. The highest BCUT2D eigenvalue weighted by molar-refractivity contribution is 14.1. The van der Waals surface area contributed by atoms with E-state index >= 15 is 0 Å². The summed E-state index contributed by atoms with van der Waals surface area (Å²) >= 11 is 2.40. The van der Waals surface area contributed by atoms with Crippen molar-refractivity contribution in [2.45, 2.75) is 19.3 Å². The molecular weight excluding hydrogens is 443 g/mol. The molecule has 2 amide bonds. The minimum atomic E-state index is -0.468. The first-order chi connectivity index (χ1) is 12.5. The standard InChI is InChI=1S/C19H27IN4O2/c20-24-13-11-22(12-14-24)8-5-15-6-9-23(10-7-15)19(26)17-3-1-16(2-4-17)18(21)25/h1-4,15H,5-14H2,(H2,21,25). The highest BCUT2D eigenvalue weighted by Gasteiger charge is 2.24. The van der Waals surface area contributed by atoms with E-state index in [1.807, 2.05) is 4.90 Å². The van der Waals surface area contributed by atoms with Gasteiger partial charge in [-0.15, -0.1) is 0 Å². The topological polar surface area (TPSA) is 69.9 Å². The maximum atomic E-state index is 12.6. The number of nitrogens with zero attached hydrogens (tertiary/aromatic N) is 3. The zero-order valence-corrected chi connectivity index (χ0v) is 17.2. The molecule has 6 nitrogen and oxygen atoms in total. The van der Waals surface area contributed by atoms with Crippen LogP contribution in [0.15, 0.2) is 24.3 Å². The maximum Gasteiger partial charge on any atom is 0.253 e. The number of piperidine rings is 1. The van der Waals surface area contributed by atoms with E-state index < -0.39 is 5.91 Å². The molecule has 0 aliphatic carbocycles. The summed E-state index contributed by atoms with van der Waals surface area (Å²) in [5.41, 5.74) is 6.31. The van der Waals surface area contributed by atoms with Crippen LogP contribution >= 0.6 is 22.9 Å². The Balaban J connectivity index is 1.42. The predicted molar refractivity (Wildman–Crippen MR) is 110 cm³/mol. The van der Waals surface area contributed by atoms with E-state index in [2.05, 4.69) is 30.9 Å². The SMILES string of the molecule is NC(=O)c1ccc(C(=O)N2CCC(CCN3CCN(I)CC3)CC2)cc1. The minimum absolute atomic E-state index is 0.0534. The van der Waals surface area contributed by atoms with Gasteiger partial charge in [0.05, 0.1) is 0 Å². The van der Waals surface area contributed by atoms with Crippen molar-refractivity contribution in [3.8, 4) is 0 Å². The monoisotopic (exact) mass is 470 g/mol. The van der Waals surface area contributed by atoms with Gasteiger partial charge in [0.25, 0.3) is 5.91 Å². The number of likely N-dealkylation sites (tertiary alicyclic amines) is 1. The van der Waals surface area contributed by atoms with Crippen molar-refractivity contribution < 1.29 is 9.59 Å². The summed E-state index contributed by atoms with van der Waals surface area (Å²) in [7, 11) is 0. The molecule has 0 unspecified atom stereocenters. The van der Waals surface area contributed by atoms with E-state index in [-0.39, 0.29) is 5.91 Å². The van der Waals surface area contributed by atoms with Crippen LogP contribution < -0.4 is 5.73 Å². The molecule has 2 aliphatic rings. The second kappa shape index (κ2) is 9.14. The molecule has 0 bridgehead atoms. The van der Waals surface area contributed by atoms with Gasteiger partial charge >= 0.3 is 0 Å². The molecule has 142 valence electrons. The maximum absolute atomic E-state index is 12.6. The first-order valence-electron chi connectivity index (χ1n) is 9.35. The second-order valence-electron chi connectivity index (χ2n) is 7.22. The third-order valence-electron chi connectivity index (χ3n) is 5.49. The summed E-state index contributed by atoms with van der Waals surface area (Å²) in [5.74, 6) is 0.302. The van der Waals surface area contributed by atoms with Crippen molar-refractivity contribution in [3.63, 3.8) is 0 Å². The van der Waals surface area contributed by atoms with Gasteiger partial charge in [-0.25, -0.2) is 3.11 Å². The van der Waals surface area contributed by atoms with Crippen LogP contribution in [0.1, 0.15) is 40.0 Å². The molecule has 2 N–H and O–H groups in total. The number of amides is 2. The molecule has 1 aromatic rings. The van der Waals surface area contributed by atoms with Crippen LogP contribution in [0, 0.1) is 5.92 Å². The molecule has 2 heterocycles. The van der Waals surface area contributed by atoms with Crippen LogP contribution in [0.5, 0.6) is 0 Å². The summed E-state index contributed by atoms with van der Waals surface area (Å²) in [6.07, 6.45) is 3.39. The highest BCUT2D eigenvalue weighted by atomic mass is 127. The van der Waals surface area contributed by atoms with Gasteiger partial charge in [-0.1, -0.05) is 0 Å². The Labute approximate surface area is 169 Å². The van der Waals surface area contributed by atoms with Gasteiger partial charge in [-0.3, -0.25) is 9.59 Å². The van der Waals surface area contributed by atoms with Crippen molar-refractivity contribution in [2.75, 3.05) is 45.8 Å². The van der Waals surface area contributed by atoms with E-state index in [1.54, 1.807) is 24.3 Å². The van der Waals surface area contributed by atoms with Gasteiger partial charge in [0.15, 0.2) is 0 Å². The van der Waals surface area contributed by atoms with Crippen LogP contribution in [0.4, 0.5) is 0 Å². The lowest BCUT2D eigenvalue weighted by Crippen LogP contribution is -2.43. The van der Waals surface area contributed by atoms with E-state index in [0.29, 0.717) is 17.0 Å². The highest BCUT2D eigenvalue weighted by Crippen LogP contribution is 2.23. The fraction of sp³-hybridized carbons (Fsp3) is 0.579. The predicted octanol–water partition coefficient (Wildman–Crippen LogP) is 2.00.